The molecule has 0 unspecified atom stereocenters. The van der Waals surface area contributed by atoms with Gasteiger partial charge in [0.25, 0.3) is 0 Å². The molecule has 2 rings (SSSR count). The zero-order valence-electron chi connectivity index (χ0n) is 17.6. The van der Waals surface area contributed by atoms with Crippen LogP contribution < -0.4 is 10.1 Å². The molecule has 1 aliphatic rings. The highest BCUT2D eigenvalue weighted by molar-refractivity contribution is 7.89. The Morgan fingerprint density at radius 1 is 1.21 bits per heavy atom. The van der Waals surface area contributed by atoms with Crippen LogP contribution in [0.1, 0.15) is 53.0 Å². The molecule has 1 N–H and O–H groups in total. The second kappa shape index (κ2) is 8.69. The number of nitrogens with one attached hydrogen (secondary N) is 1. The van der Waals surface area contributed by atoms with E-state index in [9.17, 15) is 13.2 Å². The molecule has 0 aromatic heterocycles. The lowest BCUT2D eigenvalue weighted by Gasteiger charge is -2.32. The third-order valence-corrected chi connectivity index (χ3v) is 6.22. The molecular formula is C20H32N2O5S. The number of aryl methyl sites for hydroxylation is 1. The van der Waals surface area contributed by atoms with E-state index in [1.54, 1.807) is 39.0 Å². The Hall–Kier alpha value is -1.80. The van der Waals surface area contributed by atoms with Crippen molar-refractivity contribution < 1.29 is 22.7 Å². The van der Waals surface area contributed by atoms with Gasteiger partial charge in [-0.3, -0.25) is 0 Å². The maximum absolute atomic E-state index is 13.0. The van der Waals surface area contributed by atoms with Crippen molar-refractivity contribution in [2.75, 3.05) is 13.1 Å². The number of piperidine rings is 1. The normalized spacial score (nSPS) is 16.8. The van der Waals surface area contributed by atoms with Crippen LogP contribution in [-0.4, -0.2) is 49.7 Å². The number of hydrogen-bond donors (Lipinski definition) is 1. The fourth-order valence-electron chi connectivity index (χ4n) is 3.03. The van der Waals surface area contributed by atoms with E-state index in [0.717, 1.165) is 5.56 Å². The predicted octanol–water partition coefficient (Wildman–Crippen LogP) is 3.46. The molecule has 1 amide bonds. The van der Waals surface area contributed by atoms with Crippen molar-refractivity contribution >= 4 is 16.1 Å². The number of amides is 1. The minimum atomic E-state index is -3.58. The second-order valence-corrected chi connectivity index (χ2v) is 10.4. The predicted molar refractivity (Wildman–Crippen MR) is 108 cm³/mol. The zero-order valence-corrected chi connectivity index (χ0v) is 18.4. The summed E-state index contributed by atoms with van der Waals surface area (Å²) in [6.07, 6.45) is 0.653. The summed E-state index contributed by atoms with van der Waals surface area (Å²) in [4.78, 5) is 12.2. The van der Waals surface area contributed by atoms with Crippen LogP contribution in [0.3, 0.4) is 0 Å². The average Bonchev–Trinajstić information content (AvgIpc) is 2.55. The molecule has 7 nitrogen and oxygen atoms in total. The summed E-state index contributed by atoms with van der Waals surface area (Å²) in [5, 5.41) is 2.82. The Morgan fingerprint density at radius 3 is 2.32 bits per heavy atom. The highest BCUT2D eigenvalue weighted by atomic mass is 32.2. The van der Waals surface area contributed by atoms with Crippen LogP contribution in [0.5, 0.6) is 5.75 Å². The van der Waals surface area contributed by atoms with Crippen LogP contribution in [0.15, 0.2) is 23.1 Å². The molecule has 0 bridgehead atoms. The standard InChI is InChI=1S/C20H32N2O5S/c1-14(2)26-18-8-7-17(13-15(18)3)28(24,25)22-11-9-16(10-12-22)21-19(23)27-20(4,5)6/h7-8,13-14,16H,9-12H2,1-6H3,(H,21,23). The molecule has 0 aliphatic carbocycles. The van der Waals surface area contributed by atoms with E-state index in [-0.39, 0.29) is 17.0 Å². The number of ether oxygens (including phenoxy) is 2. The molecule has 1 aromatic carbocycles. The Balaban J connectivity index is 1.99. The lowest BCUT2D eigenvalue weighted by Crippen LogP contribution is -2.47. The van der Waals surface area contributed by atoms with Gasteiger partial charge in [-0.15, -0.1) is 0 Å². The van der Waals surface area contributed by atoms with Crippen LogP contribution in [0, 0.1) is 6.92 Å². The van der Waals surface area contributed by atoms with Gasteiger partial charge in [-0.1, -0.05) is 0 Å². The Bertz CT molecular complexity index is 791. The van der Waals surface area contributed by atoms with Crippen LogP contribution in [-0.2, 0) is 14.8 Å². The molecule has 1 aliphatic heterocycles. The number of hydrogen-bond acceptors (Lipinski definition) is 5. The Kier molecular flexibility index (Phi) is 6.98. The molecule has 1 heterocycles. The maximum atomic E-state index is 13.0. The maximum Gasteiger partial charge on any atom is 0.407 e. The fraction of sp³-hybridized carbons (Fsp3) is 0.650. The summed E-state index contributed by atoms with van der Waals surface area (Å²) in [6, 6.07) is 4.85. The van der Waals surface area contributed by atoms with E-state index in [1.807, 2.05) is 20.8 Å². The van der Waals surface area contributed by atoms with Crippen LogP contribution in [0.4, 0.5) is 4.79 Å². The molecule has 0 radical (unpaired) electrons. The molecule has 8 heteroatoms. The van der Waals surface area contributed by atoms with Crippen molar-refractivity contribution in [2.24, 2.45) is 0 Å². The molecule has 158 valence electrons. The van der Waals surface area contributed by atoms with Crippen molar-refractivity contribution in [3.63, 3.8) is 0 Å². The molecule has 0 atom stereocenters. The van der Waals surface area contributed by atoms with Crippen molar-refractivity contribution in [3.05, 3.63) is 23.8 Å². The van der Waals surface area contributed by atoms with Crippen molar-refractivity contribution in [3.8, 4) is 5.75 Å². The quantitative estimate of drug-likeness (QED) is 0.801. The topological polar surface area (TPSA) is 84.9 Å². The zero-order chi connectivity index (χ0) is 21.1. The highest BCUT2D eigenvalue weighted by Gasteiger charge is 2.31. The van der Waals surface area contributed by atoms with Crippen molar-refractivity contribution in [1.29, 1.82) is 0 Å². The number of carbonyl (C=O) groups is 1. The van der Waals surface area contributed by atoms with E-state index in [0.29, 0.717) is 31.7 Å². The highest BCUT2D eigenvalue weighted by Crippen LogP contribution is 2.26. The number of benzene rings is 1. The SMILES string of the molecule is Cc1cc(S(=O)(=O)N2CCC(NC(=O)OC(C)(C)C)CC2)ccc1OC(C)C. The molecule has 28 heavy (non-hydrogen) atoms. The van der Waals surface area contributed by atoms with E-state index < -0.39 is 21.7 Å². The van der Waals surface area contributed by atoms with Crippen LogP contribution in [0.2, 0.25) is 0 Å². The first-order valence-electron chi connectivity index (χ1n) is 9.65. The van der Waals surface area contributed by atoms with Gasteiger partial charge in [0, 0.05) is 19.1 Å². The number of rotatable bonds is 5. The van der Waals surface area contributed by atoms with E-state index in [1.165, 1.54) is 4.31 Å². The van der Waals surface area contributed by atoms with Crippen LogP contribution >= 0.6 is 0 Å². The third-order valence-electron chi connectivity index (χ3n) is 4.32. The van der Waals surface area contributed by atoms with Crippen molar-refractivity contribution in [1.82, 2.24) is 9.62 Å². The smallest absolute Gasteiger partial charge is 0.407 e. The summed E-state index contributed by atoms with van der Waals surface area (Å²) in [6.45, 7) is 11.8. The second-order valence-electron chi connectivity index (χ2n) is 8.42. The summed E-state index contributed by atoms with van der Waals surface area (Å²) >= 11 is 0. The monoisotopic (exact) mass is 412 g/mol. The lowest BCUT2D eigenvalue weighted by molar-refractivity contribution is 0.0489. The summed E-state index contributed by atoms with van der Waals surface area (Å²) in [5.41, 5.74) is 0.230. The van der Waals surface area contributed by atoms with Gasteiger partial charge in [-0.05, 0) is 78.1 Å². The minimum absolute atomic E-state index is 0.0256. The van der Waals surface area contributed by atoms with E-state index in [4.69, 9.17) is 9.47 Å². The minimum Gasteiger partial charge on any atom is -0.491 e. The first-order chi connectivity index (χ1) is 12.9. The number of carbonyl (C=O) groups excluding carboxylic acids is 1. The molecular weight excluding hydrogens is 380 g/mol. The average molecular weight is 413 g/mol. The van der Waals surface area contributed by atoms with Crippen LogP contribution in [0.25, 0.3) is 0 Å². The number of nitrogens with zero attached hydrogens (tertiary/aromatic N) is 1. The van der Waals surface area contributed by atoms with E-state index in [2.05, 4.69) is 5.32 Å². The first kappa shape index (κ1) is 22.5. The van der Waals surface area contributed by atoms with Gasteiger partial charge in [-0.2, -0.15) is 4.31 Å². The lowest BCUT2D eigenvalue weighted by atomic mass is 10.1. The fourth-order valence-corrected chi connectivity index (χ4v) is 4.59. The third kappa shape index (κ3) is 6.10. The van der Waals surface area contributed by atoms with Gasteiger partial charge in [0.1, 0.15) is 11.4 Å². The summed E-state index contributed by atoms with van der Waals surface area (Å²) in [7, 11) is -3.58. The van der Waals surface area contributed by atoms with Gasteiger partial charge < -0.3 is 14.8 Å². The molecule has 1 fully saturated rings. The van der Waals surface area contributed by atoms with E-state index >= 15 is 0 Å². The number of alkyl carbamates (subject to hydrolysis) is 1. The van der Waals surface area contributed by atoms with Gasteiger partial charge in [-0.25, -0.2) is 13.2 Å². The van der Waals surface area contributed by atoms with Gasteiger partial charge in [0.15, 0.2) is 0 Å². The molecule has 1 aromatic rings. The Labute approximate surface area is 168 Å². The van der Waals surface area contributed by atoms with Gasteiger partial charge in [0.2, 0.25) is 10.0 Å². The molecule has 0 saturated carbocycles. The largest absolute Gasteiger partial charge is 0.491 e. The molecule has 0 spiro atoms. The summed E-state index contributed by atoms with van der Waals surface area (Å²) < 4.78 is 38.3. The molecule has 1 saturated heterocycles. The van der Waals surface area contributed by atoms with Gasteiger partial charge in [0.05, 0.1) is 11.0 Å². The van der Waals surface area contributed by atoms with Crippen molar-refractivity contribution in [2.45, 2.75) is 77.0 Å². The number of sulfonamides is 1. The van der Waals surface area contributed by atoms with Gasteiger partial charge >= 0.3 is 6.09 Å². The Morgan fingerprint density at radius 2 is 1.82 bits per heavy atom. The first-order valence-corrected chi connectivity index (χ1v) is 11.1. The summed E-state index contributed by atoms with van der Waals surface area (Å²) in [5.74, 6) is 0.689.